The molecule has 0 fully saturated rings. The monoisotopic (exact) mass is 652 g/mol. The lowest BCUT2D eigenvalue weighted by molar-refractivity contribution is -0.143. The van der Waals surface area contributed by atoms with E-state index in [0.717, 1.165) is 28.8 Å². The van der Waals surface area contributed by atoms with Gasteiger partial charge in [0.2, 0.25) is 5.91 Å². The van der Waals surface area contributed by atoms with Gasteiger partial charge in [0.05, 0.1) is 24.7 Å². The van der Waals surface area contributed by atoms with Crippen LogP contribution >= 0.6 is 0 Å². The van der Waals surface area contributed by atoms with Crippen LogP contribution in [0, 0.1) is 0 Å². The molecular weight excluding hydrogens is 621 g/mol. The number of nitrogens with one attached hydrogen (secondary N) is 2. The molecule has 7 nitrogen and oxygen atoms in total. The Bertz CT molecular complexity index is 1910. The topological polar surface area (TPSA) is 105 Å². The second-order valence-electron chi connectivity index (χ2n) is 11.0. The van der Waals surface area contributed by atoms with Crippen molar-refractivity contribution >= 4 is 23.5 Å². The molecule has 0 radical (unpaired) electrons. The first-order valence-electron chi connectivity index (χ1n) is 14.9. The quantitative estimate of drug-likeness (QED) is 0.108. The fraction of sp³-hybridized carbons (Fsp3) is 0.132. The van der Waals surface area contributed by atoms with Crippen LogP contribution in [-0.2, 0) is 33.3 Å². The van der Waals surface area contributed by atoms with Gasteiger partial charge in [-0.15, -0.1) is 0 Å². The first-order valence-corrected chi connectivity index (χ1v) is 14.9. The van der Waals surface area contributed by atoms with Gasteiger partial charge in [-0.25, -0.2) is 4.79 Å². The van der Waals surface area contributed by atoms with Crippen molar-refractivity contribution in [1.82, 2.24) is 5.32 Å². The van der Waals surface area contributed by atoms with Crippen LogP contribution in [0.5, 0.6) is 5.75 Å². The number of carbonyl (C=O) groups excluding carboxylic acids is 3. The van der Waals surface area contributed by atoms with E-state index in [4.69, 9.17) is 4.74 Å². The van der Waals surface area contributed by atoms with E-state index in [9.17, 15) is 32.7 Å². The Balaban J connectivity index is 1.24. The Morgan fingerprint density at radius 1 is 0.729 bits per heavy atom. The number of hydrogen-bond acceptors (Lipinski definition) is 5. The fourth-order valence-electron chi connectivity index (χ4n) is 5.17. The molecule has 0 bridgehead atoms. The Labute approximate surface area is 275 Å². The van der Waals surface area contributed by atoms with Gasteiger partial charge < -0.3 is 20.5 Å². The molecule has 0 aliphatic heterocycles. The third-order valence-electron chi connectivity index (χ3n) is 7.65. The maximum Gasteiger partial charge on any atom is 0.416 e. The molecule has 0 aliphatic rings. The van der Waals surface area contributed by atoms with Crippen molar-refractivity contribution < 1.29 is 37.4 Å². The number of alkyl halides is 3. The molecule has 1 unspecified atom stereocenters. The van der Waals surface area contributed by atoms with Gasteiger partial charge in [-0.3, -0.25) is 9.59 Å². The number of halogens is 3. The molecule has 0 spiro atoms. The van der Waals surface area contributed by atoms with Crippen LogP contribution in [0.15, 0.2) is 121 Å². The number of benzene rings is 5. The van der Waals surface area contributed by atoms with Crippen molar-refractivity contribution in [2.75, 3.05) is 12.4 Å². The molecule has 2 amide bonds. The van der Waals surface area contributed by atoms with Gasteiger partial charge in [0.1, 0.15) is 11.8 Å². The van der Waals surface area contributed by atoms with E-state index in [1.54, 1.807) is 24.3 Å². The van der Waals surface area contributed by atoms with Gasteiger partial charge in [0.15, 0.2) is 0 Å². The third kappa shape index (κ3) is 8.47. The van der Waals surface area contributed by atoms with Crippen molar-refractivity contribution in [2.24, 2.45) is 0 Å². The molecule has 1 atom stereocenters. The summed E-state index contributed by atoms with van der Waals surface area (Å²) in [6.45, 7) is 0. The largest absolute Gasteiger partial charge is 0.507 e. The number of esters is 1. The van der Waals surface area contributed by atoms with Crippen molar-refractivity contribution in [3.63, 3.8) is 0 Å². The molecule has 0 saturated heterocycles. The van der Waals surface area contributed by atoms with Crippen LogP contribution in [0.2, 0.25) is 0 Å². The first kappa shape index (κ1) is 33.5. The highest BCUT2D eigenvalue weighted by Crippen LogP contribution is 2.31. The molecule has 0 heterocycles. The SMILES string of the molecule is COC(=O)C(Cc1ccc(-c2ccccc2)cc1)NC(=O)c1cc(NC(=O)Cc2cccc(-c3ccc(C(F)(F)F)cc3)c2)ccc1O. The standard InChI is InChI=1S/C38H31F3N2O5/c1-48-37(47)33(21-24-10-12-27(13-11-24)26-7-3-2-4-8-26)43-36(46)32-23-31(18-19-34(32)44)42-35(45)22-25-6-5-9-29(20-25)28-14-16-30(17-15-28)38(39,40)41/h2-20,23,33,44H,21-22H2,1H3,(H,42,45)(H,43,46). The van der Waals surface area contributed by atoms with Gasteiger partial charge in [0.25, 0.3) is 5.91 Å². The van der Waals surface area contributed by atoms with E-state index >= 15 is 0 Å². The van der Waals surface area contributed by atoms with E-state index in [2.05, 4.69) is 10.6 Å². The fourth-order valence-corrected chi connectivity index (χ4v) is 5.17. The summed E-state index contributed by atoms with van der Waals surface area (Å²) in [6.07, 6.45) is -4.37. The Hall–Kier alpha value is -5.90. The minimum absolute atomic E-state index is 0.0651. The van der Waals surface area contributed by atoms with E-state index < -0.39 is 35.6 Å². The maximum atomic E-state index is 13.2. The Kier molecular flexibility index (Phi) is 10.2. The smallest absolute Gasteiger partial charge is 0.416 e. The predicted molar refractivity (Wildman–Crippen MR) is 176 cm³/mol. The van der Waals surface area contributed by atoms with Crippen LogP contribution in [0.25, 0.3) is 22.3 Å². The van der Waals surface area contributed by atoms with Crippen LogP contribution in [-0.4, -0.2) is 36.0 Å². The van der Waals surface area contributed by atoms with E-state index in [1.165, 1.54) is 37.4 Å². The molecule has 5 rings (SSSR count). The lowest BCUT2D eigenvalue weighted by atomic mass is 10.00. The zero-order valence-electron chi connectivity index (χ0n) is 25.8. The molecule has 10 heteroatoms. The second-order valence-corrected chi connectivity index (χ2v) is 11.0. The van der Waals surface area contributed by atoms with Crippen LogP contribution in [0.3, 0.4) is 0 Å². The lowest BCUT2D eigenvalue weighted by Crippen LogP contribution is -2.43. The third-order valence-corrected chi connectivity index (χ3v) is 7.65. The maximum absolute atomic E-state index is 13.2. The van der Waals surface area contributed by atoms with Crippen molar-refractivity contribution in [3.05, 3.63) is 144 Å². The van der Waals surface area contributed by atoms with Gasteiger partial charge in [-0.05, 0) is 63.7 Å². The molecule has 5 aromatic carbocycles. The Morgan fingerprint density at radius 3 is 2.02 bits per heavy atom. The number of amides is 2. The molecule has 0 aromatic heterocycles. The summed E-state index contributed by atoms with van der Waals surface area (Å²) in [6, 6.07) is 31.9. The number of ether oxygens (including phenoxy) is 1. The zero-order valence-corrected chi connectivity index (χ0v) is 25.8. The zero-order chi connectivity index (χ0) is 34.3. The Morgan fingerprint density at radius 2 is 1.35 bits per heavy atom. The van der Waals surface area contributed by atoms with Crippen molar-refractivity contribution in [1.29, 1.82) is 0 Å². The summed E-state index contributed by atoms with van der Waals surface area (Å²) in [5.41, 5.74) is 3.94. The molecule has 0 aliphatic carbocycles. The van der Waals surface area contributed by atoms with E-state index in [-0.39, 0.29) is 29.8 Å². The molecule has 5 aromatic rings. The summed E-state index contributed by atoms with van der Waals surface area (Å²) in [5.74, 6) is -2.20. The number of phenolic OH excluding ortho intramolecular Hbond substituents is 1. The lowest BCUT2D eigenvalue weighted by Gasteiger charge is -2.18. The summed E-state index contributed by atoms with van der Waals surface area (Å²) < 4.78 is 43.7. The second kappa shape index (κ2) is 14.7. The van der Waals surface area contributed by atoms with Gasteiger partial charge in [-0.1, -0.05) is 91.0 Å². The summed E-state index contributed by atoms with van der Waals surface area (Å²) in [4.78, 5) is 38.8. The highest BCUT2D eigenvalue weighted by Gasteiger charge is 2.30. The first-order chi connectivity index (χ1) is 23.0. The van der Waals surface area contributed by atoms with Gasteiger partial charge >= 0.3 is 12.1 Å². The predicted octanol–water partition coefficient (Wildman–Crippen LogP) is 7.44. The van der Waals surface area contributed by atoms with Gasteiger partial charge in [0, 0.05) is 12.1 Å². The van der Waals surface area contributed by atoms with Crippen LogP contribution < -0.4 is 10.6 Å². The minimum atomic E-state index is -4.44. The molecule has 3 N–H and O–H groups in total. The number of anilines is 1. The average Bonchev–Trinajstić information content (AvgIpc) is 3.09. The van der Waals surface area contributed by atoms with Crippen LogP contribution in [0.4, 0.5) is 18.9 Å². The minimum Gasteiger partial charge on any atom is -0.507 e. The number of hydrogen-bond donors (Lipinski definition) is 3. The molecular formula is C38H31F3N2O5. The summed E-state index contributed by atoms with van der Waals surface area (Å²) >= 11 is 0. The van der Waals surface area contributed by atoms with E-state index in [0.29, 0.717) is 16.7 Å². The molecule has 0 saturated carbocycles. The van der Waals surface area contributed by atoms with Crippen molar-refractivity contribution in [3.8, 4) is 28.0 Å². The highest BCUT2D eigenvalue weighted by molar-refractivity contribution is 6.01. The van der Waals surface area contributed by atoms with Crippen molar-refractivity contribution in [2.45, 2.75) is 25.1 Å². The molecule has 48 heavy (non-hydrogen) atoms. The van der Waals surface area contributed by atoms with Gasteiger partial charge in [-0.2, -0.15) is 13.2 Å². The van der Waals surface area contributed by atoms with E-state index in [1.807, 2.05) is 54.6 Å². The number of methoxy groups -OCH3 is 1. The normalized spacial score (nSPS) is 11.8. The molecule has 244 valence electrons. The number of aromatic hydroxyl groups is 1. The average molecular weight is 653 g/mol. The van der Waals surface area contributed by atoms with Crippen LogP contribution in [0.1, 0.15) is 27.0 Å². The number of rotatable bonds is 10. The summed E-state index contributed by atoms with van der Waals surface area (Å²) in [5, 5.41) is 15.8. The number of phenols is 1. The highest BCUT2D eigenvalue weighted by atomic mass is 19.4. The number of carbonyl (C=O) groups is 3. The summed E-state index contributed by atoms with van der Waals surface area (Å²) in [7, 11) is 1.22.